The molecule has 1 aliphatic heterocycles. The maximum absolute atomic E-state index is 12.6. The second-order valence-corrected chi connectivity index (χ2v) is 7.14. The van der Waals surface area contributed by atoms with Crippen LogP contribution in [0.1, 0.15) is 57.2 Å². The normalized spacial score (nSPS) is 14.3. The van der Waals surface area contributed by atoms with Gasteiger partial charge in [-0.15, -0.1) is 0 Å². The number of nitrogens with two attached hydrogens (primary N) is 1. The summed E-state index contributed by atoms with van der Waals surface area (Å²) in [4.78, 5) is 21.2. The number of rotatable bonds is 7. The third kappa shape index (κ3) is 5.50. The van der Waals surface area contributed by atoms with E-state index in [1.807, 2.05) is 27.7 Å². The number of anilines is 1. The van der Waals surface area contributed by atoms with E-state index in [9.17, 15) is 10.0 Å². The molecular weight excluding hydrogens is 376 g/mol. The fraction of sp³-hybridized carbons (Fsp3) is 0.526. The zero-order chi connectivity index (χ0) is 21.6. The summed E-state index contributed by atoms with van der Waals surface area (Å²) in [6.07, 6.45) is 1.89. The highest BCUT2D eigenvalue weighted by atomic mass is 16.6. The first-order valence-corrected chi connectivity index (χ1v) is 9.53. The van der Waals surface area contributed by atoms with Gasteiger partial charge in [-0.2, -0.15) is 5.17 Å². The number of urea groups is 1. The Kier molecular flexibility index (Phi) is 7.66. The van der Waals surface area contributed by atoms with Gasteiger partial charge in [0.1, 0.15) is 0 Å². The van der Waals surface area contributed by atoms with E-state index in [-0.39, 0.29) is 23.4 Å². The molecule has 0 fully saturated rings. The van der Waals surface area contributed by atoms with Crippen LogP contribution in [-0.4, -0.2) is 47.6 Å². The van der Waals surface area contributed by atoms with E-state index in [0.29, 0.717) is 35.6 Å². The summed E-state index contributed by atoms with van der Waals surface area (Å²) in [6.45, 7) is 8.98. The molecule has 0 spiro atoms. The Labute approximate surface area is 170 Å². The number of carbonyl (C=O) groups excluding carboxylic acids is 1. The molecule has 0 atom stereocenters. The molecule has 0 unspecified atom stereocenters. The number of hydrogen-bond donors (Lipinski definition) is 4. The van der Waals surface area contributed by atoms with Crippen LogP contribution in [0.15, 0.2) is 23.0 Å². The number of amides is 2. The summed E-state index contributed by atoms with van der Waals surface area (Å²) >= 11 is 0. The lowest BCUT2D eigenvalue weighted by Crippen LogP contribution is -2.44. The van der Waals surface area contributed by atoms with Crippen molar-refractivity contribution < 1.29 is 19.5 Å². The van der Waals surface area contributed by atoms with Crippen LogP contribution < -0.4 is 21.2 Å². The van der Waals surface area contributed by atoms with Gasteiger partial charge in [0.25, 0.3) is 0 Å². The molecule has 1 aromatic heterocycles. The van der Waals surface area contributed by atoms with E-state index in [1.54, 1.807) is 13.2 Å². The highest BCUT2D eigenvalue weighted by molar-refractivity contribution is 5.94. The minimum absolute atomic E-state index is 0.0348. The maximum atomic E-state index is 12.6. The van der Waals surface area contributed by atoms with Gasteiger partial charge in [-0.25, -0.2) is 20.2 Å². The van der Waals surface area contributed by atoms with E-state index < -0.39 is 6.03 Å². The Morgan fingerprint density at radius 3 is 2.62 bits per heavy atom. The number of hydroxylamine groups is 1. The van der Waals surface area contributed by atoms with Crippen LogP contribution in [0, 0.1) is 0 Å². The number of hydrogen-bond acceptors (Lipinski definition) is 8. The average molecular weight is 406 g/mol. The quantitative estimate of drug-likeness (QED) is 0.511. The van der Waals surface area contributed by atoms with Gasteiger partial charge in [-0.05, 0) is 17.4 Å². The molecule has 10 heteroatoms. The van der Waals surface area contributed by atoms with Crippen molar-refractivity contribution in [1.82, 2.24) is 15.6 Å². The van der Waals surface area contributed by atoms with Crippen molar-refractivity contribution in [3.8, 4) is 5.88 Å². The predicted molar refractivity (Wildman–Crippen MR) is 110 cm³/mol. The molecule has 2 heterocycles. The van der Waals surface area contributed by atoms with Crippen LogP contribution >= 0.6 is 0 Å². The van der Waals surface area contributed by atoms with Gasteiger partial charge >= 0.3 is 6.03 Å². The van der Waals surface area contributed by atoms with Crippen molar-refractivity contribution in [1.29, 1.82) is 0 Å². The van der Waals surface area contributed by atoms with Crippen LogP contribution in [0.2, 0.25) is 0 Å². The Morgan fingerprint density at radius 2 is 2.10 bits per heavy atom. The molecule has 5 N–H and O–H groups in total. The smallest absolute Gasteiger partial charge is 0.340 e. The Bertz CT molecular complexity index is 762. The van der Waals surface area contributed by atoms with Gasteiger partial charge in [-0.1, -0.05) is 27.7 Å². The summed E-state index contributed by atoms with van der Waals surface area (Å²) in [6, 6.07) is 1.12. The summed E-state index contributed by atoms with van der Waals surface area (Å²) in [7, 11) is 1.55. The molecule has 0 saturated carbocycles. The summed E-state index contributed by atoms with van der Waals surface area (Å²) in [5, 5.41) is 13.5. The first-order chi connectivity index (χ1) is 13.8. The second kappa shape index (κ2) is 9.97. The number of carbonyl (C=O) groups is 1. The number of aliphatic imine (C=N–C) groups is 1. The number of nitrogens with zero attached hydrogens (tertiary/aromatic N) is 3. The molecule has 29 heavy (non-hydrogen) atoms. The van der Waals surface area contributed by atoms with Crippen LogP contribution in [0.4, 0.5) is 10.5 Å². The van der Waals surface area contributed by atoms with Crippen LogP contribution in [-0.2, 0) is 4.74 Å². The van der Waals surface area contributed by atoms with Crippen LogP contribution in [0.25, 0.3) is 0 Å². The summed E-state index contributed by atoms with van der Waals surface area (Å²) < 4.78 is 10.7. The van der Waals surface area contributed by atoms with Crippen molar-refractivity contribution in [2.45, 2.75) is 46.0 Å². The van der Waals surface area contributed by atoms with Gasteiger partial charge in [0.2, 0.25) is 11.8 Å². The van der Waals surface area contributed by atoms with E-state index >= 15 is 0 Å². The average Bonchev–Trinajstić information content (AvgIpc) is 2.68. The molecule has 2 amide bonds. The standard InChI is InChI=1S/C19H30N6O4/c1-11(2)13-9-15(28-5)22-16(12(3)4)17(13)23-19(26)24-25(27)14(10-20)18-21-7-6-8-29-18/h9-12,27H,6-8,20H2,1-5H3,(H2,23,24,26)/b14-10+. The number of pyridine rings is 1. The second-order valence-electron chi connectivity index (χ2n) is 7.14. The minimum atomic E-state index is -0.668. The molecule has 160 valence electrons. The summed E-state index contributed by atoms with van der Waals surface area (Å²) in [5.41, 5.74) is 10.1. The third-order valence-corrected chi connectivity index (χ3v) is 4.28. The van der Waals surface area contributed by atoms with Crippen LogP contribution in [0.5, 0.6) is 5.88 Å². The van der Waals surface area contributed by atoms with E-state index in [4.69, 9.17) is 15.2 Å². The van der Waals surface area contributed by atoms with Gasteiger partial charge in [0, 0.05) is 25.2 Å². The molecule has 0 radical (unpaired) electrons. The van der Waals surface area contributed by atoms with Gasteiger partial charge in [-0.3, -0.25) is 5.21 Å². The van der Waals surface area contributed by atoms with Crippen molar-refractivity contribution in [3.63, 3.8) is 0 Å². The molecule has 1 aromatic rings. The fourth-order valence-corrected chi connectivity index (χ4v) is 2.82. The molecule has 0 aliphatic carbocycles. The Hall–Kier alpha value is -3.01. The largest absolute Gasteiger partial charge is 0.481 e. The topological polar surface area (TPSA) is 134 Å². The Morgan fingerprint density at radius 1 is 1.38 bits per heavy atom. The first kappa shape index (κ1) is 22.3. The van der Waals surface area contributed by atoms with Crippen LogP contribution in [0.3, 0.4) is 0 Å². The molecule has 2 rings (SSSR count). The summed E-state index contributed by atoms with van der Waals surface area (Å²) in [5.74, 6) is 0.786. The van der Waals surface area contributed by atoms with Crippen molar-refractivity contribution in [3.05, 3.63) is 29.2 Å². The monoisotopic (exact) mass is 406 g/mol. The molecule has 0 bridgehead atoms. The zero-order valence-corrected chi connectivity index (χ0v) is 17.5. The number of methoxy groups -OCH3 is 1. The molecule has 10 nitrogen and oxygen atoms in total. The Balaban J connectivity index is 2.24. The SMILES string of the molecule is COc1cc(C(C)C)c(NC(=O)NN(O)/C(=C/N)C2=NCCCO2)c(C(C)C)n1. The lowest BCUT2D eigenvalue weighted by atomic mass is 9.97. The van der Waals surface area contributed by atoms with Gasteiger partial charge in [0.15, 0.2) is 5.70 Å². The lowest BCUT2D eigenvalue weighted by Gasteiger charge is -2.24. The highest BCUT2D eigenvalue weighted by Crippen LogP contribution is 2.33. The fourth-order valence-electron chi connectivity index (χ4n) is 2.82. The lowest BCUT2D eigenvalue weighted by molar-refractivity contribution is -0.0830. The number of nitrogens with one attached hydrogen (secondary N) is 2. The number of ether oxygens (including phenoxy) is 2. The molecule has 1 aliphatic rings. The molecule has 0 aromatic carbocycles. The van der Waals surface area contributed by atoms with Crippen molar-refractivity contribution in [2.75, 3.05) is 25.6 Å². The zero-order valence-electron chi connectivity index (χ0n) is 17.5. The number of aromatic nitrogens is 1. The van der Waals surface area contributed by atoms with Crippen molar-refractivity contribution >= 4 is 17.6 Å². The van der Waals surface area contributed by atoms with Crippen molar-refractivity contribution in [2.24, 2.45) is 10.7 Å². The maximum Gasteiger partial charge on any atom is 0.340 e. The van der Waals surface area contributed by atoms with E-state index in [2.05, 4.69) is 20.7 Å². The first-order valence-electron chi connectivity index (χ1n) is 9.53. The predicted octanol–water partition coefficient (Wildman–Crippen LogP) is 2.68. The van der Waals surface area contributed by atoms with Gasteiger partial charge in [0.05, 0.1) is 25.1 Å². The molecular formula is C19H30N6O4. The van der Waals surface area contributed by atoms with Gasteiger partial charge < -0.3 is 20.5 Å². The molecule has 0 saturated heterocycles. The number of hydrazine groups is 1. The minimum Gasteiger partial charge on any atom is -0.481 e. The van der Waals surface area contributed by atoms with E-state index in [0.717, 1.165) is 18.2 Å². The highest BCUT2D eigenvalue weighted by Gasteiger charge is 2.23. The van der Waals surface area contributed by atoms with E-state index in [1.165, 1.54) is 0 Å². The third-order valence-electron chi connectivity index (χ3n) is 4.28.